The number of anilines is 2. The topological polar surface area (TPSA) is 69.7 Å². The van der Waals surface area contributed by atoms with Crippen LogP contribution in [-0.4, -0.2) is 44.8 Å². The first-order valence-electron chi connectivity index (χ1n) is 10.4. The highest BCUT2D eigenvalue weighted by molar-refractivity contribution is 7.89. The fourth-order valence-corrected chi connectivity index (χ4v) is 5.59. The summed E-state index contributed by atoms with van der Waals surface area (Å²) in [5, 5.41) is 2.80. The molecule has 6 nitrogen and oxygen atoms in total. The number of nitrogens with one attached hydrogen (secondary N) is 1. The molecular weight excluding hydrogens is 405 g/mol. The van der Waals surface area contributed by atoms with Crippen molar-refractivity contribution in [1.29, 1.82) is 0 Å². The van der Waals surface area contributed by atoms with Gasteiger partial charge >= 0.3 is 0 Å². The Morgan fingerprint density at radius 2 is 1.50 bits per heavy atom. The molecule has 0 unspecified atom stereocenters. The van der Waals surface area contributed by atoms with E-state index in [-0.39, 0.29) is 4.90 Å². The minimum atomic E-state index is -3.52. The second kappa shape index (κ2) is 8.73. The molecule has 30 heavy (non-hydrogen) atoms. The predicted molar refractivity (Wildman–Crippen MR) is 115 cm³/mol. The molecule has 160 valence electrons. The number of amides is 1. The molecule has 1 N–H and O–H groups in total. The number of hydrogen-bond acceptors (Lipinski definition) is 4. The normalized spacial score (nSPS) is 17.8. The minimum absolute atomic E-state index is 0.181. The number of piperidine rings is 1. The smallest absolute Gasteiger partial charge is 0.255 e. The van der Waals surface area contributed by atoms with Crippen molar-refractivity contribution in [2.24, 2.45) is 0 Å². The number of halogens is 1. The predicted octanol–water partition coefficient (Wildman–Crippen LogP) is 3.85. The molecule has 1 amide bonds. The molecular formula is C22H26FN3O3S. The lowest BCUT2D eigenvalue weighted by Crippen LogP contribution is -2.30. The van der Waals surface area contributed by atoms with Crippen LogP contribution < -0.4 is 10.2 Å². The first-order chi connectivity index (χ1) is 14.4. The van der Waals surface area contributed by atoms with Crippen molar-refractivity contribution < 1.29 is 17.6 Å². The zero-order chi connectivity index (χ0) is 21.1. The summed E-state index contributed by atoms with van der Waals surface area (Å²) in [5.41, 5.74) is 1.55. The summed E-state index contributed by atoms with van der Waals surface area (Å²) in [6, 6.07) is 10.3. The molecule has 4 rings (SSSR count). The number of hydrogen-bond donors (Lipinski definition) is 1. The van der Waals surface area contributed by atoms with E-state index in [4.69, 9.17) is 0 Å². The van der Waals surface area contributed by atoms with E-state index >= 15 is 0 Å². The van der Waals surface area contributed by atoms with Gasteiger partial charge in [-0.25, -0.2) is 12.8 Å². The molecule has 0 radical (unpaired) electrons. The van der Waals surface area contributed by atoms with Gasteiger partial charge in [-0.05, 0) is 74.6 Å². The zero-order valence-electron chi connectivity index (χ0n) is 16.8. The second-order valence-electron chi connectivity index (χ2n) is 7.80. The summed E-state index contributed by atoms with van der Waals surface area (Å²) in [4.78, 5) is 15.1. The summed E-state index contributed by atoms with van der Waals surface area (Å²) in [5.74, 6) is -0.818. The lowest BCUT2D eigenvalue weighted by atomic mass is 10.1. The van der Waals surface area contributed by atoms with Gasteiger partial charge in [-0.1, -0.05) is 0 Å². The maximum Gasteiger partial charge on any atom is 0.255 e. The molecule has 8 heteroatoms. The van der Waals surface area contributed by atoms with Crippen LogP contribution >= 0.6 is 0 Å². The number of benzene rings is 2. The highest BCUT2D eigenvalue weighted by Crippen LogP contribution is 2.30. The van der Waals surface area contributed by atoms with Crippen LogP contribution in [0, 0.1) is 5.82 Å². The van der Waals surface area contributed by atoms with Gasteiger partial charge in [0.25, 0.3) is 5.91 Å². The standard InChI is InChI=1S/C22H26FN3O3S/c23-18-8-11-21(25-12-2-1-3-13-25)20(16-18)24-22(27)17-6-9-19(10-7-17)30(28,29)26-14-4-5-15-26/h6-11,16H,1-5,12-15H2,(H,24,27). The van der Waals surface area contributed by atoms with Gasteiger partial charge < -0.3 is 10.2 Å². The third-order valence-corrected chi connectivity index (χ3v) is 7.64. The Morgan fingerprint density at radius 1 is 0.867 bits per heavy atom. The average Bonchev–Trinajstić information content (AvgIpc) is 3.30. The summed E-state index contributed by atoms with van der Waals surface area (Å²) in [6.07, 6.45) is 5.04. The fourth-order valence-electron chi connectivity index (χ4n) is 4.07. The van der Waals surface area contributed by atoms with Gasteiger partial charge in [0.2, 0.25) is 10.0 Å². The highest BCUT2D eigenvalue weighted by atomic mass is 32.2. The second-order valence-corrected chi connectivity index (χ2v) is 9.74. The lowest BCUT2D eigenvalue weighted by Gasteiger charge is -2.30. The van der Waals surface area contributed by atoms with E-state index in [0.717, 1.165) is 44.5 Å². The first-order valence-corrected chi connectivity index (χ1v) is 11.9. The van der Waals surface area contributed by atoms with E-state index in [1.165, 1.54) is 47.1 Å². The molecule has 2 aromatic carbocycles. The quantitative estimate of drug-likeness (QED) is 0.781. The van der Waals surface area contributed by atoms with Crippen molar-refractivity contribution in [2.45, 2.75) is 37.0 Å². The van der Waals surface area contributed by atoms with Crippen LogP contribution in [0.3, 0.4) is 0 Å². The third-order valence-electron chi connectivity index (χ3n) is 5.72. The molecule has 2 fully saturated rings. The van der Waals surface area contributed by atoms with Crippen LogP contribution in [-0.2, 0) is 10.0 Å². The van der Waals surface area contributed by atoms with Crippen LogP contribution in [0.15, 0.2) is 47.4 Å². The number of carbonyl (C=O) groups is 1. The van der Waals surface area contributed by atoms with Crippen molar-refractivity contribution in [3.05, 3.63) is 53.8 Å². The van der Waals surface area contributed by atoms with E-state index in [0.29, 0.717) is 24.3 Å². The molecule has 0 aromatic heterocycles. The van der Waals surface area contributed by atoms with E-state index in [1.54, 1.807) is 6.07 Å². The van der Waals surface area contributed by atoms with E-state index in [2.05, 4.69) is 10.2 Å². The number of rotatable bonds is 5. The summed E-state index contributed by atoms with van der Waals surface area (Å²) >= 11 is 0. The van der Waals surface area contributed by atoms with Crippen LogP contribution in [0.2, 0.25) is 0 Å². The zero-order valence-corrected chi connectivity index (χ0v) is 17.6. The molecule has 2 saturated heterocycles. The van der Waals surface area contributed by atoms with Crippen molar-refractivity contribution in [1.82, 2.24) is 4.31 Å². The van der Waals surface area contributed by atoms with Crippen molar-refractivity contribution in [3.63, 3.8) is 0 Å². The van der Waals surface area contributed by atoms with E-state index in [1.807, 2.05) is 0 Å². The Morgan fingerprint density at radius 3 is 2.17 bits per heavy atom. The SMILES string of the molecule is O=C(Nc1cc(F)ccc1N1CCCCC1)c1ccc(S(=O)(=O)N2CCCC2)cc1. The Balaban J connectivity index is 1.52. The molecule has 0 saturated carbocycles. The van der Waals surface area contributed by atoms with Gasteiger partial charge in [0, 0.05) is 31.7 Å². The molecule has 0 spiro atoms. The van der Waals surface area contributed by atoms with Gasteiger partial charge in [-0.3, -0.25) is 4.79 Å². The van der Waals surface area contributed by atoms with Crippen molar-refractivity contribution in [3.8, 4) is 0 Å². The van der Waals surface area contributed by atoms with Gasteiger partial charge in [-0.15, -0.1) is 0 Å². The minimum Gasteiger partial charge on any atom is -0.370 e. The number of nitrogens with zero attached hydrogens (tertiary/aromatic N) is 2. The Kier molecular flexibility index (Phi) is 6.06. The van der Waals surface area contributed by atoms with Gasteiger partial charge in [0.05, 0.1) is 16.3 Å². The van der Waals surface area contributed by atoms with Crippen LogP contribution in [0.5, 0.6) is 0 Å². The lowest BCUT2D eigenvalue weighted by molar-refractivity contribution is 0.102. The average molecular weight is 432 g/mol. The van der Waals surface area contributed by atoms with Gasteiger partial charge in [0.1, 0.15) is 5.82 Å². The fraction of sp³-hybridized carbons (Fsp3) is 0.409. The Hall–Kier alpha value is -2.45. The third kappa shape index (κ3) is 4.34. The number of carbonyl (C=O) groups excluding carboxylic acids is 1. The van der Waals surface area contributed by atoms with E-state index < -0.39 is 21.7 Å². The molecule has 2 heterocycles. The Labute approximate surface area is 176 Å². The molecule has 0 atom stereocenters. The van der Waals surface area contributed by atoms with Crippen LogP contribution in [0.1, 0.15) is 42.5 Å². The molecule has 2 aliphatic heterocycles. The van der Waals surface area contributed by atoms with Gasteiger partial charge in [0.15, 0.2) is 0 Å². The largest absolute Gasteiger partial charge is 0.370 e. The van der Waals surface area contributed by atoms with Crippen LogP contribution in [0.25, 0.3) is 0 Å². The van der Waals surface area contributed by atoms with Crippen molar-refractivity contribution in [2.75, 3.05) is 36.4 Å². The monoisotopic (exact) mass is 431 g/mol. The number of sulfonamides is 1. The van der Waals surface area contributed by atoms with Gasteiger partial charge in [-0.2, -0.15) is 4.31 Å². The maximum atomic E-state index is 13.9. The molecule has 2 aliphatic rings. The first kappa shape index (κ1) is 20.8. The molecule has 0 bridgehead atoms. The van der Waals surface area contributed by atoms with Crippen LogP contribution in [0.4, 0.5) is 15.8 Å². The highest BCUT2D eigenvalue weighted by Gasteiger charge is 2.27. The maximum absolute atomic E-state index is 13.9. The molecule has 0 aliphatic carbocycles. The van der Waals surface area contributed by atoms with E-state index in [9.17, 15) is 17.6 Å². The summed E-state index contributed by atoms with van der Waals surface area (Å²) in [7, 11) is -3.52. The summed E-state index contributed by atoms with van der Waals surface area (Å²) in [6.45, 7) is 2.81. The Bertz CT molecular complexity index is 1010. The van der Waals surface area contributed by atoms with Crippen molar-refractivity contribution >= 4 is 27.3 Å². The summed E-state index contributed by atoms with van der Waals surface area (Å²) < 4.78 is 40.6. The molecule has 2 aromatic rings.